The Kier molecular flexibility index (Phi) is 5.46. The Morgan fingerprint density at radius 3 is 2.43 bits per heavy atom. The summed E-state index contributed by atoms with van der Waals surface area (Å²) >= 11 is 6.68. The van der Waals surface area contributed by atoms with Gasteiger partial charge >= 0.3 is 17.9 Å². The van der Waals surface area contributed by atoms with Crippen molar-refractivity contribution in [2.24, 2.45) is 11.8 Å². The predicted octanol–water partition coefficient (Wildman–Crippen LogP) is 2.81. The van der Waals surface area contributed by atoms with E-state index in [1.54, 1.807) is 19.1 Å². The van der Waals surface area contributed by atoms with Gasteiger partial charge in [-0.05, 0) is 28.1 Å². The van der Waals surface area contributed by atoms with Crippen molar-refractivity contribution >= 4 is 49.8 Å². The number of fused-ring (bicyclic) bond motifs is 1. The summed E-state index contributed by atoms with van der Waals surface area (Å²) in [6.07, 6.45) is 0. The van der Waals surface area contributed by atoms with Crippen molar-refractivity contribution in [3.63, 3.8) is 0 Å². The van der Waals surface area contributed by atoms with Gasteiger partial charge in [0.15, 0.2) is 5.92 Å². The topological polar surface area (TPSA) is 78.9 Å². The van der Waals surface area contributed by atoms with Crippen molar-refractivity contribution in [2.75, 3.05) is 14.2 Å². The first-order valence-electron chi connectivity index (χ1n) is 6.68. The Morgan fingerprint density at radius 2 is 1.87 bits per heavy atom. The molecule has 3 atom stereocenters. The standard InChI is InChI=1S/C15H14Br2O6/c1-6(13(18)21-2)10-8-4-7(16)5-9(17)12(8)23-15(20)11(10)14(19)22-3/h4-6,10-11H,1-3H3/t6-,10-,11-/m1/s1. The molecule has 0 saturated carbocycles. The fourth-order valence-electron chi connectivity index (χ4n) is 2.69. The van der Waals surface area contributed by atoms with Gasteiger partial charge < -0.3 is 14.2 Å². The molecular formula is C15H14Br2O6. The smallest absolute Gasteiger partial charge is 0.326 e. The SMILES string of the molecule is COC(=O)[C@@H]1C(=O)Oc2c(Br)cc(Br)cc2[C@H]1[C@@H](C)C(=O)OC. The van der Waals surface area contributed by atoms with Crippen molar-refractivity contribution in [3.05, 3.63) is 26.6 Å². The van der Waals surface area contributed by atoms with E-state index in [1.807, 2.05) is 0 Å². The number of benzene rings is 1. The number of rotatable bonds is 3. The quantitative estimate of drug-likeness (QED) is 0.401. The molecule has 6 nitrogen and oxygen atoms in total. The maximum absolute atomic E-state index is 12.3. The lowest BCUT2D eigenvalue weighted by Crippen LogP contribution is -2.42. The molecule has 1 aliphatic rings. The molecule has 8 heteroatoms. The number of methoxy groups -OCH3 is 2. The van der Waals surface area contributed by atoms with Crippen LogP contribution in [0.3, 0.4) is 0 Å². The van der Waals surface area contributed by atoms with E-state index in [-0.39, 0.29) is 0 Å². The Morgan fingerprint density at radius 1 is 1.22 bits per heavy atom. The van der Waals surface area contributed by atoms with E-state index in [9.17, 15) is 14.4 Å². The average molecular weight is 450 g/mol. The molecule has 1 aliphatic heterocycles. The molecule has 0 bridgehead atoms. The lowest BCUT2D eigenvalue weighted by Gasteiger charge is -2.33. The molecule has 0 aliphatic carbocycles. The van der Waals surface area contributed by atoms with Crippen molar-refractivity contribution in [1.82, 2.24) is 0 Å². The van der Waals surface area contributed by atoms with Crippen molar-refractivity contribution < 1.29 is 28.6 Å². The molecule has 0 N–H and O–H groups in total. The molecule has 0 spiro atoms. The minimum Gasteiger partial charge on any atom is -0.469 e. The first-order valence-corrected chi connectivity index (χ1v) is 8.26. The monoisotopic (exact) mass is 448 g/mol. The van der Waals surface area contributed by atoms with Gasteiger partial charge in [0.2, 0.25) is 0 Å². The second-order valence-corrected chi connectivity index (χ2v) is 6.84. The summed E-state index contributed by atoms with van der Waals surface area (Å²) < 4.78 is 16.0. The van der Waals surface area contributed by atoms with Crippen LogP contribution in [0.25, 0.3) is 0 Å². The van der Waals surface area contributed by atoms with Gasteiger partial charge in [-0.1, -0.05) is 22.9 Å². The van der Waals surface area contributed by atoms with Crippen LogP contribution in [0, 0.1) is 11.8 Å². The van der Waals surface area contributed by atoms with Gasteiger partial charge in [-0.3, -0.25) is 14.4 Å². The van der Waals surface area contributed by atoms with Crippen LogP contribution in [-0.2, 0) is 23.9 Å². The second-order valence-electron chi connectivity index (χ2n) is 5.07. The molecule has 2 rings (SSSR count). The van der Waals surface area contributed by atoms with Crippen LogP contribution in [0.5, 0.6) is 5.75 Å². The maximum Gasteiger partial charge on any atom is 0.326 e. The number of hydrogen-bond donors (Lipinski definition) is 0. The van der Waals surface area contributed by atoms with Crippen LogP contribution < -0.4 is 4.74 Å². The summed E-state index contributed by atoms with van der Waals surface area (Å²) in [6, 6.07) is 3.43. The third-order valence-corrected chi connectivity index (χ3v) is 4.83. The van der Waals surface area contributed by atoms with Gasteiger partial charge in [-0.15, -0.1) is 0 Å². The molecule has 0 unspecified atom stereocenters. The van der Waals surface area contributed by atoms with Crippen LogP contribution >= 0.6 is 31.9 Å². The fraction of sp³-hybridized carbons (Fsp3) is 0.400. The minimum absolute atomic E-state index is 0.291. The highest BCUT2D eigenvalue weighted by atomic mass is 79.9. The Hall–Kier alpha value is -1.41. The zero-order valence-corrected chi connectivity index (χ0v) is 15.8. The number of hydrogen-bond acceptors (Lipinski definition) is 6. The van der Waals surface area contributed by atoms with Crippen LogP contribution in [0.4, 0.5) is 0 Å². The lowest BCUT2D eigenvalue weighted by atomic mass is 9.75. The number of ether oxygens (including phenoxy) is 3. The predicted molar refractivity (Wildman–Crippen MR) is 86.9 cm³/mol. The summed E-state index contributed by atoms with van der Waals surface area (Å²) in [5, 5.41) is 0. The van der Waals surface area contributed by atoms with Gasteiger partial charge in [0.05, 0.1) is 24.6 Å². The molecular weight excluding hydrogens is 436 g/mol. The van der Waals surface area contributed by atoms with Crippen LogP contribution in [0.15, 0.2) is 21.1 Å². The van der Waals surface area contributed by atoms with Gasteiger partial charge in [-0.25, -0.2) is 0 Å². The molecule has 0 saturated heterocycles. The zero-order valence-electron chi connectivity index (χ0n) is 12.6. The second kappa shape index (κ2) is 7.00. The van der Waals surface area contributed by atoms with E-state index in [4.69, 9.17) is 14.2 Å². The summed E-state index contributed by atoms with van der Waals surface area (Å²) in [7, 11) is 2.44. The molecule has 0 radical (unpaired) electrons. The fourth-order valence-corrected chi connectivity index (χ4v) is 4.03. The highest BCUT2D eigenvalue weighted by Crippen LogP contribution is 2.47. The van der Waals surface area contributed by atoms with E-state index < -0.39 is 35.7 Å². The molecule has 0 amide bonds. The number of carbonyl (C=O) groups excluding carboxylic acids is 3. The number of esters is 3. The summed E-state index contributed by atoms with van der Waals surface area (Å²) in [5.41, 5.74) is 0.555. The average Bonchev–Trinajstić information content (AvgIpc) is 2.52. The Balaban J connectivity index is 2.65. The third-order valence-electron chi connectivity index (χ3n) is 3.78. The number of carbonyl (C=O) groups is 3. The molecule has 1 aromatic rings. The highest BCUT2D eigenvalue weighted by molar-refractivity contribution is 9.11. The first kappa shape index (κ1) is 17.9. The minimum atomic E-state index is -1.23. The molecule has 0 fully saturated rings. The van der Waals surface area contributed by atoms with Crippen molar-refractivity contribution in [3.8, 4) is 5.75 Å². The summed E-state index contributed by atoms with van der Waals surface area (Å²) in [5.74, 6) is -4.47. The van der Waals surface area contributed by atoms with E-state index in [0.29, 0.717) is 20.3 Å². The van der Waals surface area contributed by atoms with E-state index in [1.165, 1.54) is 14.2 Å². The van der Waals surface area contributed by atoms with Crippen LogP contribution in [0.2, 0.25) is 0 Å². The third kappa shape index (κ3) is 3.28. The van der Waals surface area contributed by atoms with Crippen LogP contribution in [0.1, 0.15) is 18.4 Å². The number of halogens is 2. The first-order chi connectivity index (χ1) is 10.8. The van der Waals surface area contributed by atoms with Crippen molar-refractivity contribution in [2.45, 2.75) is 12.8 Å². The lowest BCUT2D eigenvalue weighted by molar-refractivity contribution is -0.160. The molecule has 124 valence electrons. The molecule has 1 heterocycles. The van der Waals surface area contributed by atoms with Crippen LogP contribution in [-0.4, -0.2) is 32.1 Å². The Bertz CT molecular complexity index is 672. The van der Waals surface area contributed by atoms with E-state index in [2.05, 4.69) is 31.9 Å². The highest BCUT2D eigenvalue weighted by Gasteiger charge is 2.48. The Labute approximate surface area is 149 Å². The largest absolute Gasteiger partial charge is 0.469 e. The molecule has 0 aromatic heterocycles. The summed E-state index contributed by atoms with van der Waals surface area (Å²) in [6.45, 7) is 1.60. The van der Waals surface area contributed by atoms with E-state index >= 15 is 0 Å². The van der Waals surface area contributed by atoms with Gasteiger partial charge in [0.25, 0.3) is 0 Å². The summed E-state index contributed by atoms with van der Waals surface area (Å²) in [4.78, 5) is 36.4. The van der Waals surface area contributed by atoms with Gasteiger partial charge in [-0.2, -0.15) is 0 Å². The van der Waals surface area contributed by atoms with Gasteiger partial charge in [0.1, 0.15) is 5.75 Å². The normalized spacial score (nSPS) is 21.0. The van der Waals surface area contributed by atoms with Gasteiger partial charge in [0, 0.05) is 16.0 Å². The molecule has 23 heavy (non-hydrogen) atoms. The maximum atomic E-state index is 12.3. The zero-order chi connectivity index (χ0) is 17.3. The van der Waals surface area contributed by atoms with Crippen molar-refractivity contribution in [1.29, 1.82) is 0 Å². The molecule has 1 aromatic carbocycles. The van der Waals surface area contributed by atoms with E-state index in [0.717, 1.165) is 0 Å².